The van der Waals surface area contributed by atoms with Crippen LogP contribution in [-0.2, 0) is 4.79 Å². The van der Waals surface area contributed by atoms with Gasteiger partial charge in [0.2, 0.25) is 5.91 Å². The number of carbonyl (C=O) groups excluding carboxylic acids is 1. The van der Waals surface area contributed by atoms with Crippen LogP contribution in [0.3, 0.4) is 0 Å². The smallest absolute Gasteiger partial charge is 0.231 e. The lowest BCUT2D eigenvalue weighted by Gasteiger charge is -2.21. The highest BCUT2D eigenvalue weighted by molar-refractivity contribution is 7.99. The van der Waals surface area contributed by atoms with Gasteiger partial charge in [-0.3, -0.25) is 4.79 Å². The molecule has 7 heteroatoms. The number of carbonyl (C=O) groups is 1. The van der Waals surface area contributed by atoms with Crippen molar-refractivity contribution >= 4 is 34.4 Å². The number of nitriles is 1. The molecule has 2 aromatic rings. The molecule has 0 radical (unpaired) electrons. The van der Waals surface area contributed by atoms with Crippen molar-refractivity contribution in [3.63, 3.8) is 0 Å². The average Bonchev–Trinajstić information content (AvgIpc) is 3.09. The van der Waals surface area contributed by atoms with Crippen LogP contribution in [-0.4, -0.2) is 33.7 Å². The number of nitrogens with one attached hydrogen (secondary N) is 2. The first-order valence-electron chi connectivity index (χ1n) is 8.51. The Hall–Kier alpha value is -2.33. The molecule has 1 aromatic heterocycles. The number of fused-ring (bicyclic) bond motifs is 1. The second-order valence-electron chi connectivity index (χ2n) is 6.14. The number of hydrogen-bond donors (Lipinski definition) is 2. The van der Waals surface area contributed by atoms with Gasteiger partial charge >= 0.3 is 0 Å². The van der Waals surface area contributed by atoms with Crippen LogP contribution in [0, 0.1) is 11.3 Å². The molecule has 25 heavy (non-hydrogen) atoms. The van der Waals surface area contributed by atoms with E-state index in [1.165, 1.54) is 11.8 Å². The lowest BCUT2D eigenvalue weighted by atomic mass is 10.0. The third-order valence-electron chi connectivity index (χ3n) is 4.31. The normalized spacial score (nSPS) is 15.7. The topological polar surface area (TPSA) is 90.7 Å². The van der Waals surface area contributed by atoms with Gasteiger partial charge in [-0.05, 0) is 44.7 Å². The van der Waals surface area contributed by atoms with Crippen LogP contribution < -0.4 is 10.6 Å². The van der Waals surface area contributed by atoms with E-state index in [0.29, 0.717) is 5.16 Å². The van der Waals surface area contributed by atoms with Gasteiger partial charge in [-0.15, -0.1) is 0 Å². The highest BCUT2D eigenvalue weighted by Crippen LogP contribution is 2.29. The van der Waals surface area contributed by atoms with Gasteiger partial charge in [0.05, 0.1) is 17.3 Å². The minimum absolute atomic E-state index is 0.143. The Morgan fingerprint density at radius 3 is 2.80 bits per heavy atom. The summed E-state index contributed by atoms with van der Waals surface area (Å²) >= 11 is 1.29. The van der Waals surface area contributed by atoms with E-state index in [1.54, 1.807) is 0 Å². The Morgan fingerprint density at radius 1 is 1.32 bits per heavy atom. The summed E-state index contributed by atoms with van der Waals surface area (Å²) in [6.45, 7) is 2.77. The highest BCUT2D eigenvalue weighted by atomic mass is 32.2. The molecule has 1 aliphatic rings. The molecule has 130 valence electrons. The lowest BCUT2D eigenvalue weighted by molar-refractivity contribution is -0.119. The molecule has 0 spiro atoms. The summed E-state index contributed by atoms with van der Waals surface area (Å²) in [6.07, 6.45) is 3.44. The van der Waals surface area contributed by atoms with E-state index in [1.807, 2.05) is 31.2 Å². The Balaban J connectivity index is 1.70. The predicted molar refractivity (Wildman–Crippen MR) is 99.4 cm³/mol. The first kappa shape index (κ1) is 17.5. The summed E-state index contributed by atoms with van der Waals surface area (Å²) in [6, 6.07) is 10.1. The molecule has 6 nitrogen and oxygen atoms in total. The zero-order chi connectivity index (χ0) is 17.7. The molecular weight excluding hydrogens is 334 g/mol. The number of nitrogens with zero attached hydrogens (tertiary/aromatic N) is 3. The molecule has 1 amide bonds. The first-order valence-corrected chi connectivity index (χ1v) is 9.50. The summed E-state index contributed by atoms with van der Waals surface area (Å²) in [5.41, 5.74) is 0.164. The predicted octanol–water partition coefficient (Wildman–Crippen LogP) is 3.11. The van der Waals surface area contributed by atoms with Crippen molar-refractivity contribution in [3.05, 3.63) is 24.3 Å². The van der Waals surface area contributed by atoms with Crippen molar-refractivity contribution in [1.29, 1.82) is 5.26 Å². The zero-order valence-electron chi connectivity index (χ0n) is 14.2. The van der Waals surface area contributed by atoms with Gasteiger partial charge in [-0.1, -0.05) is 23.9 Å². The van der Waals surface area contributed by atoms with Gasteiger partial charge < -0.3 is 10.6 Å². The summed E-state index contributed by atoms with van der Waals surface area (Å²) in [5.74, 6) is 0.836. The number of rotatable bonds is 6. The number of aromatic nitrogens is 2. The quantitative estimate of drug-likeness (QED) is 0.611. The van der Waals surface area contributed by atoms with E-state index in [-0.39, 0.29) is 11.7 Å². The highest BCUT2D eigenvalue weighted by Gasteiger charge is 2.35. The first-order chi connectivity index (χ1) is 12.2. The minimum atomic E-state index is -0.684. The minimum Gasteiger partial charge on any atom is -0.370 e. The van der Waals surface area contributed by atoms with Gasteiger partial charge in [0.1, 0.15) is 11.4 Å². The third kappa shape index (κ3) is 4.02. The second-order valence-corrected chi connectivity index (χ2v) is 7.08. The lowest BCUT2D eigenvalue weighted by Crippen LogP contribution is -2.45. The van der Waals surface area contributed by atoms with Gasteiger partial charge in [0.15, 0.2) is 5.16 Å². The fourth-order valence-corrected chi connectivity index (χ4v) is 3.75. The van der Waals surface area contributed by atoms with Crippen LogP contribution in [0.4, 0.5) is 5.82 Å². The van der Waals surface area contributed by atoms with Crippen LogP contribution >= 0.6 is 11.8 Å². The molecule has 0 unspecified atom stereocenters. The fourth-order valence-electron chi connectivity index (χ4n) is 3.10. The summed E-state index contributed by atoms with van der Waals surface area (Å²) < 4.78 is 0. The number of hydrogen-bond acceptors (Lipinski definition) is 6. The largest absolute Gasteiger partial charge is 0.370 e. The van der Waals surface area contributed by atoms with Gasteiger partial charge in [-0.25, -0.2) is 9.97 Å². The number of amides is 1. The van der Waals surface area contributed by atoms with E-state index >= 15 is 0 Å². The molecule has 0 atom stereocenters. The van der Waals surface area contributed by atoms with Crippen molar-refractivity contribution in [3.8, 4) is 6.07 Å². The molecule has 1 saturated carbocycles. The van der Waals surface area contributed by atoms with Crippen LogP contribution in [0.1, 0.15) is 32.6 Å². The van der Waals surface area contributed by atoms with Gasteiger partial charge in [0, 0.05) is 11.9 Å². The van der Waals surface area contributed by atoms with E-state index in [0.717, 1.165) is 48.9 Å². The molecule has 0 bridgehead atoms. The molecule has 1 aromatic carbocycles. The number of para-hydroxylation sites is 1. The van der Waals surface area contributed by atoms with Crippen LogP contribution in [0.25, 0.3) is 10.9 Å². The summed E-state index contributed by atoms with van der Waals surface area (Å²) in [7, 11) is 0. The Morgan fingerprint density at radius 2 is 2.08 bits per heavy atom. The summed E-state index contributed by atoms with van der Waals surface area (Å²) in [5, 5.41) is 17.0. The molecule has 1 heterocycles. The van der Waals surface area contributed by atoms with Crippen LogP contribution in [0.2, 0.25) is 0 Å². The molecule has 0 saturated heterocycles. The zero-order valence-corrected chi connectivity index (χ0v) is 15.0. The Kier molecular flexibility index (Phi) is 5.39. The van der Waals surface area contributed by atoms with Crippen molar-refractivity contribution in [2.24, 2.45) is 0 Å². The molecular formula is C18H21N5OS. The maximum Gasteiger partial charge on any atom is 0.231 e. The van der Waals surface area contributed by atoms with E-state index in [2.05, 4.69) is 26.7 Å². The second kappa shape index (κ2) is 7.70. The Labute approximate surface area is 151 Å². The molecule has 1 fully saturated rings. The molecule has 1 aliphatic carbocycles. The van der Waals surface area contributed by atoms with Crippen molar-refractivity contribution in [2.75, 3.05) is 17.6 Å². The monoisotopic (exact) mass is 355 g/mol. The maximum atomic E-state index is 12.3. The van der Waals surface area contributed by atoms with Crippen molar-refractivity contribution < 1.29 is 4.79 Å². The standard InChI is InChI=1S/C18H21N5OS/c1-2-20-16-13-7-3-4-8-14(13)21-17(22-16)25-11-15(24)23-18(12-19)9-5-6-10-18/h3-4,7-8H,2,5-6,9-11H2,1H3,(H,23,24)(H,20,21,22). The van der Waals surface area contributed by atoms with E-state index in [9.17, 15) is 10.1 Å². The molecule has 0 aliphatic heterocycles. The number of benzene rings is 1. The number of anilines is 1. The van der Waals surface area contributed by atoms with Crippen LogP contribution in [0.15, 0.2) is 29.4 Å². The van der Waals surface area contributed by atoms with Crippen LogP contribution in [0.5, 0.6) is 0 Å². The van der Waals surface area contributed by atoms with Crippen molar-refractivity contribution in [1.82, 2.24) is 15.3 Å². The average molecular weight is 355 g/mol. The van der Waals surface area contributed by atoms with Crippen molar-refractivity contribution in [2.45, 2.75) is 43.3 Å². The SMILES string of the molecule is CCNc1nc(SCC(=O)NC2(C#N)CCCC2)nc2ccccc12. The third-order valence-corrected chi connectivity index (χ3v) is 5.16. The van der Waals surface area contributed by atoms with Gasteiger partial charge in [0.25, 0.3) is 0 Å². The summed E-state index contributed by atoms with van der Waals surface area (Å²) in [4.78, 5) is 21.3. The molecule has 2 N–H and O–H groups in total. The number of thioether (sulfide) groups is 1. The fraction of sp³-hybridized carbons (Fsp3) is 0.444. The maximum absolute atomic E-state index is 12.3. The van der Waals surface area contributed by atoms with E-state index in [4.69, 9.17) is 0 Å². The molecule has 3 rings (SSSR count). The Bertz CT molecular complexity index is 811. The van der Waals surface area contributed by atoms with Gasteiger partial charge in [-0.2, -0.15) is 5.26 Å². The van der Waals surface area contributed by atoms with E-state index < -0.39 is 5.54 Å².